The fraction of sp³-hybridized carbons (Fsp3) is 0.364. The highest BCUT2D eigenvalue weighted by Gasteiger charge is 2.05. The molecule has 0 spiro atoms. The first-order valence-electron chi connectivity index (χ1n) is 4.94. The zero-order valence-electron chi connectivity index (χ0n) is 8.53. The molecule has 0 bridgehead atoms. The number of benzene rings is 1. The van der Waals surface area contributed by atoms with Gasteiger partial charge in [0.1, 0.15) is 5.75 Å². The summed E-state index contributed by atoms with van der Waals surface area (Å²) in [5.41, 5.74) is 1.14. The summed E-state index contributed by atoms with van der Waals surface area (Å²) in [6.45, 7) is 5.65. The topological polar surface area (TPSA) is 27.1 Å². The van der Waals surface area contributed by atoms with Crippen LogP contribution in [0.4, 0.5) is 0 Å². The second-order valence-corrected chi connectivity index (χ2v) is 3.08. The maximum absolute atomic E-state index is 5.52. The Kier molecular flexibility index (Phi) is 2.39. The highest BCUT2D eigenvalue weighted by molar-refractivity contribution is 5.85. The third-order valence-corrected chi connectivity index (χ3v) is 2.25. The van der Waals surface area contributed by atoms with Crippen molar-refractivity contribution >= 4 is 10.9 Å². The van der Waals surface area contributed by atoms with Gasteiger partial charge in [0.25, 0.3) is 0 Å². The summed E-state index contributed by atoms with van der Waals surface area (Å²) in [5.74, 6) is 0.921. The van der Waals surface area contributed by atoms with Gasteiger partial charge in [-0.05, 0) is 26.0 Å². The van der Waals surface area contributed by atoms with Crippen molar-refractivity contribution in [2.75, 3.05) is 6.61 Å². The Bertz CT molecular complexity index is 434. The average Bonchev–Trinajstić information content (AvgIpc) is 2.62. The molecule has 2 aromatic rings. The fourth-order valence-electron chi connectivity index (χ4n) is 1.61. The van der Waals surface area contributed by atoms with Gasteiger partial charge >= 0.3 is 0 Å². The molecule has 74 valence electrons. The first-order chi connectivity index (χ1) is 6.86. The van der Waals surface area contributed by atoms with E-state index < -0.39 is 0 Å². The zero-order valence-corrected chi connectivity index (χ0v) is 8.53. The number of hydrogen-bond acceptors (Lipinski definition) is 2. The van der Waals surface area contributed by atoms with Crippen molar-refractivity contribution in [1.29, 1.82) is 0 Å². The lowest BCUT2D eigenvalue weighted by Crippen LogP contribution is -1.95. The predicted octanol–water partition coefficient (Wildman–Crippen LogP) is 2.45. The Labute approximate surface area is 83.3 Å². The molecule has 0 unspecified atom stereocenters. The Morgan fingerprint density at radius 2 is 2.21 bits per heavy atom. The molecule has 0 radical (unpaired) electrons. The number of aryl methyl sites for hydroxylation is 1. The standard InChI is InChI=1S/C11H14N2O/c1-3-13-10-6-5-7-11(14-4-2)9(10)8-12-13/h5-8H,3-4H2,1-2H3. The summed E-state index contributed by atoms with van der Waals surface area (Å²) < 4.78 is 7.49. The van der Waals surface area contributed by atoms with Gasteiger partial charge in [-0.3, -0.25) is 4.68 Å². The second-order valence-electron chi connectivity index (χ2n) is 3.08. The minimum Gasteiger partial charge on any atom is -0.493 e. The van der Waals surface area contributed by atoms with Gasteiger partial charge in [-0.15, -0.1) is 0 Å². The number of hydrogen-bond donors (Lipinski definition) is 0. The number of fused-ring (bicyclic) bond motifs is 1. The van der Waals surface area contributed by atoms with Gasteiger partial charge in [-0.25, -0.2) is 0 Å². The van der Waals surface area contributed by atoms with Crippen molar-refractivity contribution in [3.05, 3.63) is 24.4 Å². The van der Waals surface area contributed by atoms with Crippen LogP contribution in [0.1, 0.15) is 13.8 Å². The van der Waals surface area contributed by atoms with E-state index in [9.17, 15) is 0 Å². The van der Waals surface area contributed by atoms with E-state index in [0.29, 0.717) is 6.61 Å². The minimum atomic E-state index is 0.691. The molecule has 0 aliphatic carbocycles. The normalized spacial score (nSPS) is 10.7. The van der Waals surface area contributed by atoms with Crippen molar-refractivity contribution in [1.82, 2.24) is 9.78 Å². The van der Waals surface area contributed by atoms with E-state index in [1.807, 2.05) is 29.9 Å². The molecular formula is C11H14N2O. The van der Waals surface area contributed by atoms with Crippen LogP contribution in [-0.4, -0.2) is 16.4 Å². The van der Waals surface area contributed by atoms with Gasteiger partial charge in [0.15, 0.2) is 0 Å². The van der Waals surface area contributed by atoms with Crippen LogP contribution in [0.5, 0.6) is 5.75 Å². The molecule has 1 aromatic heterocycles. The van der Waals surface area contributed by atoms with E-state index in [-0.39, 0.29) is 0 Å². The lowest BCUT2D eigenvalue weighted by molar-refractivity contribution is 0.344. The summed E-state index contributed by atoms with van der Waals surface area (Å²) >= 11 is 0. The Balaban J connectivity index is 2.58. The average molecular weight is 190 g/mol. The molecular weight excluding hydrogens is 176 g/mol. The number of rotatable bonds is 3. The molecule has 0 fully saturated rings. The van der Waals surface area contributed by atoms with Gasteiger partial charge in [0, 0.05) is 6.54 Å². The van der Waals surface area contributed by atoms with E-state index in [1.54, 1.807) is 0 Å². The number of nitrogens with zero attached hydrogens (tertiary/aromatic N) is 2. The van der Waals surface area contributed by atoms with E-state index in [0.717, 1.165) is 23.2 Å². The van der Waals surface area contributed by atoms with Crippen LogP contribution in [0.15, 0.2) is 24.4 Å². The summed E-state index contributed by atoms with van der Waals surface area (Å²) in [4.78, 5) is 0. The summed E-state index contributed by atoms with van der Waals surface area (Å²) in [5, 5.41) is 5.39. The molecule has 0 atom stereocenters. The van der Waals surface area contributed by atoms with Gasteiger partial charge in [-0.1, -0.05) is 6.07 Å². The van der Waals surface area contributed by atoms with Crippen LogP contribution in [0, 0.1) is 0 Å². The minimum absolute atomic E-state index is 0.691. The maximum atomic E-state index is 5.52. The molecule has 0 amide bonds. The first-order valence-corrected chi connectivity index (χ1v) is 4.94. The van der Waals surface area contributed by atoms with Crippen LogP contribution in [0.3, 0.4) is 0 Å². The molecule has 0 N–H and O–H groups in total. The second kappa shape index (κ2) is 3.70. The largest absolute Gasteiger partial charge is 0.493 e. The van der Waals surface area contributed by atoms with Crippen molar-refractivity contribution < 1.29 is 4.74 Å². The Hall–Kier alpha value is -1.51. The smallest absolute Gasteiger partial charge is 0.130 e. The molecule has 0 saturated carbocycles. The van der Waals surface area contributed by atoms with E-state index in [4.69, 9.17) is 4.74 Å². The lowest BCUT2D eigenvalue weighted by atomic mass is 10.2. The molecule has 0 aliphatic heterocycles. The summed E-state index contributed by atoms with van der Waals surface area (Å²) in [7, 11) is 0. The fourth-order valence-corrected chi connectivity index (χ4v) is 1.61. The van der Waals surface area contributed by atoms with E-state index in [1.165, 1.54) is 0 Å². The third kappa shape index (κ3) is 1.35. The summed E-state index contributed by atoms with van der Waals surface area (Å²) in [6.07, 6.45) is 1.86. The van der Waals surface area contributed by atoms with Crippen LogP contribution >= 0.6 is 0 Å². The molecule has 0 aliphatic rings. The monoisotopic (exact) mass is 190 g/mol. The van der Waals surface area contributed by atoms with Crippen molar-refractivity contribution in [2.24, 2.45) is 0 Å². The van der Waals surface area contributed by atoms with Crippen LogP contribution in [0.2, 0.25) is 0 Å². The van der Waals surface area contributed by atoms with Gasteiger partial charge in [-0.2, -0.15) is 5.10 Å². The molecule has 2 rings (SSSR count). The Morgan fingerprint density at radius 3 is 2.93 bits per heavy atom. The quantitative estimate of drug-likeness (QED) is 0.743. The van der Waals surface area contributed by atoms with Crippen LogP contribution in [-0.2, 0) is 6.54 Å². The molecule has 14 heavy (non-hydrogen) atoms. The first kappa shape index (κ1) is 9.06. The van der Waals surface area contributed by atoms with E-state index >= 15 is 0 Å². The summed E-state index contributed by atoms with van der Waals surface area (Å²) in [6, 6.07) is 6.04. The zero-order chi connectivity index (χ0) is 9.97. The highest BCUT2D eigenvalue weighted by Crippen LogP contribution is 2.24. The van der Waals surface area contributed by atoms with Crippen LogP contribution in [0.25, 0.3) is 10.9 Å². The molecule has 0 saturated heterocycles. The highest BCUT2D eigenvalue weighted by atomic mass is 16.5. The molecule has 3 heteroatoms. The van der Waals surface area contributed by atoms with Gasteiger partial charge in [0.05, 0.1) is 23.7 Å². The van der Waals surface area contributed by atoms with Crippen molar-refractivity contribution in [2.45, 2.75) is 20.4 Å². The Morgan fingerprint density at radius 1 is 1.36 bits per heavy atom. The van der Waals surface area contributed by atoms with Crippen LogP contribution < -0.4 is 4.74 Å². The lowest BCUT2D eigenvalue weighted by Gasteiger charge is -2.04. The maximum Gasteiger partial charge on any atom is 0.130 e. The van der Waals surface area contributed by atoms with Gasteiger partial charge in [0.2, 0.25) is 0 Å². The molecule has 1 heterocycles. The van der Waals surface area contributed by atoms with Crippen molar-refractivity contribution in [3.8, 4) is 5.75 Å². The van der Waals surface area contributed by atoms with Gasteiger partial charge < -0.3 is 4.74 Å². The predicted molar refractivity (Wildman–Crippen MR) is 56.6 cm³/mol. The SMILES string of the molecule is CCOc1cccc2c1cnn2CC. The molecule has 3 nitrogen and oxygen atoms in total. The number of ether oxygens (including phenoxy) is 1. The van der Waals surface area contributed by atoms with E-state index in [2.05, 4.69) is 18.1 Å². The van der Waals surface area contributed by atoms with Crippen molar-refractivity contribution in [3.63, 3.8) is 0 Å². The number of aromatic nitrogens is 2. The third-order valence-electron chi connectivity index (χ3n) is 2.25. The molecule has 1 aromatic carbocycles.